The number of hydrogen-bond acceptors (Lipinski definition) is 5. The van der Waals surface area contributed by atoms with Gasteiger partial charge in [-0.3, -0.25) is 9.69 Å². The first-order valence-electron chi connectivity index (χ1n) is 11.7. The zero-order valence-corrected chi connectivity index (χ0v) is 20.1. The van der Waals surface area contributed by atoms with Crippen molar-refractivity contribution < 1.29 is 18.7 Å². The van der Waals surface area contributed by atoms with Crippen molar-refractivity contribution in [3.05, 3.63) is 81.8 Å². The molecule has 1 atom stereocenters. The molecule has 3 heterocycles. The van der Waals surface area contributed by atoms with E-state index in [1.807, 2.05) is 47.0 Å². The van der Waals surface area contributed by atoms with Crippen molar-refractivity contribution in [2.45, 2.75) is 31.8 Å². The maximum absolute atomic E-state index is 14.5. The lowest BCUT2D eigenvalue weighted by atomic mass is 9.84. The van der Waals surface area contributed by atoms with Gasteiger partial charge < -0.3 is 14.4 Å². The van der Waals surface area contributed by atoms with Crippen LogP contribution in [-0.2, 0) is 13.0 Å². The molecule has 0 bridgehead atoms. The van der Waals surface area contributed by atoms with E-state index in [1.54, 1.807) is 6.07 Å². The molecule has 1 aromatic heterocycles. The molecule has 2 aliphatic rings. The van der Waals surface area contributed by atoms with E-state index in [1.165, 1.54) is 23.0 Å². The Hall–Kier alpha value is -2.90. The highest BCUT2D eigenvalue weighted by atomic mass is 32.1. The summed E-state index contributed by atoms with van der Waals surface area (Å²) in [5.74, 6) is 1.72. The number of piperidine rings is 1. The van der Waals surface area contributed by atoms with Crippen molar-refractivity contribution in [3.63, 3.8) is 0 Å². The Morgan fingerprint density at radius 2 is 1.94 bits per heavy atom. The number of thiophene rings is 1. The standard InChI is InChI=1S/C27H29FN2O3S/c1-29(27(31)22-10-13-34-17-22)24(15-21-4-2-3-5-23(21)28)20-8-11-30(12-9-20)16-19-6-7-25-26(14-19)33-18-32-25/h2-7,10,13-14,17,20,24H,8-9,11-12,15-16,18H2,1H3/t24-/m0/s1. The number of ether oxygens (including phenoxy) is 2. The summed E-state index contributed by atoms with van der Waals surface area (Å²) in [4.78, 5) is 17.4. The molecule has 7 heteroatoms. The summed E-state index contributed by atoms with van der Waals surface area (Å²) >= 11 is 1.52. The molecule has 3 aromatic rings. The lowest BCUT2D eigenvalue weighted by molar-refractivity contribution is 0.0584. The summed E-state index contributed by atoms with van der Waals surface area (Å²) in [6.45, 7) is 3.01. The zero-order chi connectivity index (χ0) is 23.5. The average molecular weight is 481 g/mol. The second-order valence-corrected chi connectivity index (χ2v) is 9.87. The summed E-state index contributed by atoms with van der Waals surface area (Å²) in [7, 11) is 1.87. The fraction of sp³-hybridized carbons (Fsp3) is 0.370. The van der Waals surface area contributed by atoms with Crippen LogP contribution in [0.1, 0.15) is 34.3 Å². The summed E-state index contributed by atoms with van der Waals surface area (Å²) in [5, 5.41) is 3.80. The molecule has 2 aliphatic heterocycles. The summed E-state index contributed by atoms with van der Waals surface area (Å²) in [6, 6.07) is 14.8. The van der Waals surface area contributed by atoms with Crippen LogP contribution in [0.5, 0.6) is 11.5 Å². The van der Waals surface area contributed by atoms with E-state index in [0.717, 1.165) is 44.0 Å². The van der Waals surface area contributed by atoms with Gasteiger partial charge in [-0.25, -0.2) is 4.39 Å². The molecule has 0 spiro atoms. The monoisotopic (exact) mass is 480 g/mol. The van der Waals surface area contributed by atoms with Crippen molar-refractivity contribution in [1.82, 2.24) is 9.80 Å². The molecular formula is C27H29FN2O3S. The third-order valence-electron chi connectivity index (χ3n) is 6.99. The predicted molar refractivity (Wildman–Crippen MR) is 131 cm³/mol. The van der Waals surface area contributed by atoms with Gasteiger partial charge in [-0.1, -0.05) is 24.3 Å². The Morgan fingerprint density at radius 3 is 2.71 bits per heavy atom. The largest absolute Gasteiger partial charge is 0.454 e. The van der Waals surface area contributed by atoms with Crippen LogP contribution in [0.3, 0.4) is 0 Å². The van der Waals surface area contributed by atoms with Gasteiger partial charge in [0.2, 0.25) is 6.79 Å². The van der Waals surface area contributed by atoms with Gasteiger partial charge in [-0.15, -0.1) is 0 Å². The van der Waals surface area contributed by atoms with Crippen LogP contribution < -0.4 is 9.47 Å². The number of likely N-dealkylation sites (tertiary alicyclic amines) is 1. The molecule has 34 heavy (non-hydrogen) atoms. The van der Waals surface area contributed by atoms with Crippen LogP contribution >= 0.6 is 11.3 Å². The van der Waals surface area contributed by atoms with Crippen molar-refractivity contribution in [3.8, 4) is 11.5 Å². The normalized spacial score (nSPS) is 17.0. The molecule has 178 valence electrons. The van der Waals surface area contributed by atoms with Gasteiger partial charge in [0, 0.05) is 25.0 Å². The van der Waals surface area contributed by atoms with Crippen LogP contribution in [0.4, 0.5) is 4.39 Å². The summed E-state index contributed by atoms with van der Waals surface area (Å²) < 4.78 is 25.5. The topological polar surface area (TPSA) is 42.0 Å². The van der Waals surface area contributed by atoms with Crippen molar-refractivity contribution in [1.29, 1.82) is 0 Å². The molecule has 2 aromatic carbocycles. The van der Waals surface area contributed by atoms with Crippen LogP contribution in [0, 0.1) is 11.7 Å². The fourth-order valence-corrected chi connectivity index (χ4v) is 5.67. The van der Waals surface area contributed by atoms with E-state index in [0.29, 0.717) is 23.5 Å². The Kier molecular flexibility index (Phi) is 6.83. The zero-order valence-electron chi connectivity index (χ0n) is 19.3. The molecule has 0 saturated carbocycles. The van der Waals surface area contributed by atoms with Gasteiger partial charge in [0.25, 0.3) is 5.91 Å². The van der Waals surface area contributed by atoms with Crippen LogP contribution in [0.15, 0.2) is 59.3 Å². The highest BCUT2D eigenvalue weighted by Gasteiger charge is 2.32. The molecule has 0 unspecified atom stereocenters. The molecular weight excluding hydrogens is 451 g/mol. The maximum Gasteiger partial charge on any atom is 0.254 e. The Morgan fingerprint density at radius 1 is 1.15 bits per heavy atom. The van der Waals surface area contributed by atoms with Crippen LogP contribution in [-0.4, -0.2) is 48.7 Å². The van der Waals surface area contributed by atoms with E-state index in [9.17, 15) is 9.18 Å². The molecule has 5 rings (SSSR count). The van der Waals surface area contributed by atoms with E-state index in [4.69, 9.17) is 9.47 Å². The van der Waals surface area contributed by atoms with Gasteiger partial charge >= 0.3 is 0 Å². The molecule has 5 nitrogen and oxygen atoms in total. The van der Waals surface area contributed by atoms with Crippen LogP contribution in [0.25, 0.3) is 0 Å². The smallest absolute Gasteiger partial charge is 0.254 e. The fourth-order valence-electron chi connectivity index (χ4n) is 5.04. The second kappa shape index (κ2) is 10.2. The Labute approximate surface area is 203 Å². The minimum Gasteiger partial charge on any atom is -0.454 e. The third kappa shape index (κ3) is 4.95. The average Bonchev–Trinajstić information content (AvgIpc) is 3.55. The highest BCUT2D eigenvalue weighted by Crippen LogP contribution is 2.34. The van der Waals surface area contributed by atoms with Gasteiger partial charge in [-0.2, -0.15) is 11.3 Å². The van der Waals surface area contributed by atoms with E-state index in [-0.39, 0.29) is 24.6 Å². The van der Waals surface area contributed by atoms with Crippen molar-refractivity contribution in [2.75, 3.05) is 26.9 Å². The first-order chi connectivity index (χ1) is 16.6. The molecule has 1 amide bonds. The van der Waals surface area contributed by atoms with Gasteiger partial charge in [0.15, 0.2) is 11.5 Å². The lowest BCUT2D eigenvalue weighted by Crippen LogP contribution is -2.47. The number of halogens is 1. The first-order valence-corrected chi connectivity index (χ1v) is 12.7. The molecule has 0 radical (unpaired) electrons. The molecule has 1 saturated heterocycles. The summed E-state index contributed by atoms with van der Waals surface area (Å²) in [5.41, 5.74) is 2.57. The second-order valence-electron chi connectivity index (χ2n) is 9.09. The Balaban J connectivity index is 1.27. The van der Waals surface area contributed by atoms with Crippen molar-refractivity contribution in [2.24, 2.45) is 5.92 Å². The van der Waals surface area contributed by atoms with Crippen LogP contribution in [0.2, 0.25) is 0 Å². The number of rotatable bonds is 7. The van der Waals surface area contributed by atoms with Gasteiger partial charge in [0.1, 0.15) is 5.82 Å². The highest BCUT2D eigenvalue weighted by molar-refractivity contribution is 7.08. The SMILES string of the molecule is CN(C(=O)c1ccsc1)[C@@H](Cc1ccccc1F)C1CCN(Cc2ccc3c(c2)OCO3)CC1. The number of nitrogens with zero attached hydrogens (tertiary/aromatic N) is 2. The minimum atomic E-state index is -0.205. The van der Waals surface area contributed by atoms with E-state index in [2.05, 4.69) is 17.0 Å². The van der Waals surface area contributed by atoms with Crippen molar-refractivity contribution >= 4 is 17.2 Å². The molecule has 1 fully saturated rings. The number of amides is 1. The Bertz CT molecular complexity index is 1130. The number of fused-ring (bicyclic) bond motifs is 1. The van der Waals surface area contributed by atoms with Gasteiger partial charge in [0.05, 0.1) is 5.56 Å². The summed E-state index contributed by atoms with van der Waals surface area (Å²) in [6.07, 6.45) is 2.45. The number of carbonyl (C=O) groups is 1. The van der Waals surface area contributed by atoms with E-state index >= 15 is 0 Å². The minimum absolute atomic E-state index is 0.00498. The quantitative estimate of drug-likeness (QED) is 0.466. The molecule has 0 N–H and O–H groups in total. The number of likely N-dealkylation sites (N-methyl/N-ethyl adjacent to an activating group) is 1. The first kappa shape index (κ1) is 22.9. The third-order valence-corrected chi connectivity index (χ3v) is 7.68. The lowest BCUT2D eigenvalue weighted by Gasteiger charge is -2.40. The molecule has 0 aliphatic carbocycles. The predicted octanol–water partition coefficient (Wildman–Crippen LogP) is 5.21. The van der Waals surface area contributed by atoms with E-state index < -0.39 is 0 Å². The maximum atomic E-state index is 14.5. The number of carbonyl (C=O) groups excluding carboxylic acids is 1. The van der Waals surface area contributed by atoms with Gasteiger partial charge in [-0.05, 0) is 79.0 Å². The number of hydrogen-bond donors (Lipinski definition) is 0. The number of benzene rings is 2.